The fourth-order valence-electron chi connectivity index (χ4n) is 3.09. The molecule has 22 heavy (non-hydrogen) atoms. The number of aromatic amines is 2. The molecule has 0 amide bonds. The van der Waals surface area contributed by atoms with Crippen LogP contribution in [0.25, 0.3) is 11.0 Å². The van der Waals surface area contributed by atoms with Gasteiger partial charge in [-0.05, 0) is 31.4 Å². The normalized spacial score (nSPS) is 18.1. The van der Waals surface area contributed by atoms with Crippen molar-refractivity contribution in [3.05, 3.63) is 58.0 Å². The van der Waals surface area contributed by atoms with Gasteiger partial charge in [-0.2, -0.15) is 0 Å². The van der Waals surface area contributed by atoms with Crippen molar-refractivity contribution in [2.75, 3.05) is 0 Å². The number of imidazole rings is 1. The van der Waals surface area contributed by atoms with Gasteiger partial charge in [-0.25, -0.2) is 4.98 Å². The molecule has 4 nitrogen and oxygen atoms in total. The number of hydrogen-bond donors (Lipinski definition) is 2. The molecule has 1 aliphatic carbocycles. The second-order valence-electron chi connectivity index (χ2n) is 5.65. The minimum atomic E-state index is 0.158. The molecule has 112 valence electrons. The molecule has 3 aromatic rings. The predicted octanol–water partition coefficient (Wildman–Crippen LogP) is 3.81. The summed E-state index contributed by atoms with van der Waals surface area (Å²) < 4.78 is 0. The average Bonchev–Trinajstić information content (AvgIpc) is 2.82. The Morgan fingerprint density at radius 3 is 3.00 bits per heavy atom. The number of nitrogens with zero attached hydrogens (tertiary/aromatic N) is 1. The molecule has 2 N–H and O–H groups in total. The van der Waals surface area contributed by atoms with Crippen LogP contribution < -0.4 is 5.43 Å². The molecule has 1 aliphatic rings. The van der Waals surface area contributed by atoms with Crippen molar-refractivity contribution in [2.45, 2.75) is 36.1 Å². The molecule has 0 bridgehead atoms. The van der Waals surface area contributed by atoms with Gasteiger partial charge in [-0.3, -0.25) is 4.79 Å². The van der Waals surface area contributed by atoms with E-state index in [1.807, 2.05) is 24.3 Å². The summed E-state index contributed by atoms with van der Waals surface area (Å²) in [5.41, 5.74) is 4.23. The van der Waals surface area contributed by atoms with Gasteiger partial charge in [-0.1, -0.05) is 30.3 Å². The number of rotatable bonds is 2. The van der Waals surface area contributed by atoms with E-state index in [0.717, 1.165) is 53.1 Å². The van der Waals surface area contributed by atoms with E-state index in [4.69, 9.17) is 0 Å². The quantitative estimate of drug-likeness (QED) is 0.707. The highest BCUT2D eigenvalue weighted by atomic mass is 32.2. The molecule has 5 heteroatoms. The minimum absolute atomic E-state index is 0.158. The van der Waals surface area contributed by atoms with Crippen LogP contribution in [0.3, 0.4) is 0 Å². The Hall–Kier alpha value is -2.01. The summed E-state index contributed by atoms with van der Waals surface area (Å²) in [4.78, 5) is 23.4. The Morgan fingerprint density at radius 1 is 1.18 bits per heavy atom. The number of fused-ring (bicyclic) bond motifs is 2. The lowest BCUT2D eigenvalue weighted by atomic mass is 10.1. The molecule has 0 saturated carbocycles. The molecule has 2 aromatic heterocycles. The maximum Gasteiger partial charge on any atom is 0.185 e. The summed E-state index contributed by atoms with van der Waals surface area (Å²) in [5.74, 6) is 0. The van der Waals surface area contributed by atoms with Crippen molar-refractivity contribution in [1.82, 2.24) is 15.0 Å². The Bertz CT molecular complexity index is 834. The van der Waals surface area contributed by atoms with E-state index in [2.05, 4.69) is 15.0 Å². The fraction of sp³-hybridized carbons (Fsp3) is 0.294. The smallest absolute Gasteiger partial charge is 0.185 e. The second-order valence-corrected chi connectivity index (χ2v) is 6.84. The molecule has 0 radical (unpaired) electrons. The molecule has 1 aromatic carbocycles. The van der Waals surface area contributed by atoms with Crippen molar-refractivity contribution in [1.29, 1.82) is 0 Å². The first-order valence-electron chi connectivity index (χ1n) is 7.63. The van der Waals surface area contributed by atoms with Crippen molar-refractivity contribution < 1.29 is 0 Å². The molecule has 0 fully saturated rings. The van der Waals surface area contributed by atoms with Crippen LogP contribution in [-0.4, -0.2) is 15.0 Å². The molecule has 0 unspecified atom stereocenters. The zero-order valence-corrected chi connectivity index (χ0v) is 13.0. The van der Waals surface area contributed by atoms with Gasteiger partial charge in [0.2, 0.25) is 0 Å². The Labute approximate surface area is 132 Å². The van der Waals surface area contributed by atoms with Gasteiger partial charge >= 0.3 is 0 Å². The average molecular weight is 311 g/mol. The maximum atomic E-state index is 12.1. The first kappa shape index (κ1) is 13.6. The number of H-pyrrole nitrogens is 2. The second kappa shape index (κ2) is 5.65. The van der Waals surface area contributed by atoms with Gasteiger partial charge < -0.3 is 9.97 Å². The molecular formula is C17H17N3OS. The zero-order valence-electron chi connectivity index (χ0n) is 12.1. The highest BCUT2D eigenvalue weighted by Crippen LogP contribution is 2.40. The molecule has 0 spiro atoms. The van der Waals surface area contributed by atoms with E-state index in [9.17, 15) is 4.79 Å². The van der Waals surface area contributed by atoms with Crippen molar-refractivity contribution in [3.63, 3.8) is 0 Å². The summed E-state index contributed by atoms with van der Waals surface area (Å²) in [6.45, 7) is 0. The highest BCUT2D eigenvalue weighted by Gasteiger charge is 2.23. The predicted molar refractivity (Wildman–Crippen MR) is 89.3 cm³/mol. The molecule has 0 aliphatic heterocycles. The number of para-hydroxylation sites is 2. The van der Waals surface area contributed by atoms with Crippen LogP contribution in [0.15, 0.2) is 46.5 Å². The first-order valence-corrected chi connectivity index (χ1v) is 8.51. The number of thioether (sulfide) groups is 1. The Morgan fingerprint density at radius 2 is 2.09 bits per heavy atom. The largest absolute Gasteiger partial charge is 0.364 e. The topological polar surface area (TPSA) is 61.5 Å². The van der Waals surface area contributed by atoms with E-state index < -0.39 is 0 Å². The third kappa shape index (κ3) is 2.46. The van der Waals surface area contributed by atoms with Gasteiger partial charge in [0.05, 0.1) is 16.3 Å². The Balaban J connectivity index is 1.70. The molecule has 1 atom stereocenters. The van der Waals surface area contributed by atoms with Crippen LogP contribution in [0.4, 0.5) is 0 Å². The number of aromatic nitrogens is 3. The van der Waals surface area contributed by atoms with Gasteiger partial charge in [0.15, 0.2) is 10.6 Å². The number of benzene rings is 1. The molecular weight excluding hydrogens is 294 g/mol. The lowest BCUT2D eigenvalue weighted by Crippen LogP contribution is -2.12. The van der Waals surface area contributed by atoms with E-state index in [0.29, 0.717) is 0 Å². The zero-order chi connectivity index (χ0) is 14.9. The van der Waals surface area contributed by atoms with E-state index >= 15 is 0 Å². The molecule has 0 saturated heterocycles. The number of pyridine rings is 1. The number of hydrogen-bond acceptors (Lipinski definition) is 3. The van der Waals surface area contributed by atoms with Crippen LogP contribution in [-0.2, 0) is 6.42 Å². The van der Waals surface area contributed by atoms with Gasteiger partial charge in [-0.15, -0.1) is 0 Å². The first-order chi connectivity index (χ1) is 10.8. The lowest BCUT2D eigenvalue weighted by Gasteiger charge is -2.15. The van der Waals surface area contributed by atoms with Crippen LogP contribution in [0.1, 0.15) is 35.8 Å². The third-order valence-electron chi connectivity index (χ3n) is 4.18. The van der Waals surface area contributed by atoms with Crippen LogP contribution in [0.2, 0.25) is 0 Å². The van der Waals surface area contributed by atoms with E-state index in [1.54, 1.807) is 24.0 Å². The maximum absolute atomic E-state index is 12.1. The van der Waals surface area contributed by atoms with E-state index in [-0.39, 0.29) is 10.7 Å². The summed E-state index contributed by atoms with van der Waals surface area (Å²) >= 11 is 1.72. The Kier molecular flexibility index (Phi) is 3.50. The monoisotopic (exact) mass is 311 g/mol. The summed E-state index contributed by atoms with van der Waals surface area (Å²) in [7, 11) is 0. The molecule has 2 heterocycles. The van der Waals surface area contributed by atoms with Crippen LogP contribution in [0, 0.1) is 0 Å². The standard InChI is InChI=1S/C17H17N3OS/c21-14-9-10-18-16-11(14)5-1-4-8-15(16)22-17-19-12-6-2-3-7-13(12)20-17/h2-3,6-7,9-10,15H,1,4-5,8H2,(H,18,21)(H,19,20)/t15-/m0/s1. The highest BCUT2D eigenvalue weighted by molar-refractivity contribution is 7.99. The van der Waals surface area contributed by atoms with Gasteiger partial charge in [0.25, 0.3) is 0 Å². The fourth-order valence-corrected chi connectivity index (χ4v) is 4.29. The summed E-state index contributed by atoms with van der Waals surface area (Å²) in [5, 5.41) is 1.18. The summed E-state index contributed by atoms with van der Waals surface area (Å²) in [6.07, 6.45) is 5.92. The summed E-state index contributed by atoms with van der Waals surface area (Å²) in [6, 6.07) is 9.69. The van der Waals surface area contributed by atoms with Crippen molar-refractivity contribution in [2.24, 2.45) is 0 Å². The SMILES string of the molecule is O=c1cc[nH]c2c1CCCC[C@@H]2Sc1nc2ccccc2[nH]1. The molecule has 4 rings (SSSR count). The minimum Gasteiger partial charge on any atom is -0.364 e. The lowest BCUT2D eigenvalue weighted by molar-refractivity contribution is 0.698. The van der Waals surface area contributed by atoms with Gasteiger partial charge in [0.1, 0.15) is 0 Å². The van der Waals surface area contributed by atoms with Crippen molar-refractivity contribution >= 4 is 22.8 Å². The van der Waals surface area contributed by atoms with E-state index in [1.165, 1.54) is 0 Å². The number of nitrogens with one attached hydrogen (secondary N) is 2. The van der Waals surface area contributed by atoms with Crippen molar-refractivity contribution in [3.8, 4) is 0 Å². The van der Waals surface area contributed by atoms with Crippen LogP contribution in [0.5, 0.6) is 0 Å². The van der Waals surface area contributed by atoms with Gasteiger partial charge in [0, 0.05) is 23.5 Å². The van der Waals surface area contributed by atoms with Crippen LogP contribution >= 0.6 is 11.8 Å². The third-order valence-corrected chi connectivity index (χ3v) is 5.36.